The highest BCUT2D eigenvalue weighted by molar-refractivity contribution is 5.40. The molecule has 1 heterocycles. The minimum absolute atomic E-state index is 0.620. The summed E-state index contributed by atoms with van der Waals surface area (Å²) in [6, 6.07) is 7.91. The molecule has 0 saturated carbocycles. The van der Waals surface area contributed by atoms with Gasteiger partial charge in [0.25, 0.3) is 0 Å². The minimum Gasteiger partial charge on any atom is -0.497 e. The SMILES string of the molecule is COc1cccc(-n2cc(CCN)nc2C)c1. The van der Waals surface area contributed by atoms with E-state index in [4.69, 9.17) is 10.5 Å². The largest absolute Gasteiger partial charge is 0.497 e. The normalized spacial score (nSPS) is 10.5. The van der Waals surface area contributed by atoms with E-state index < -0.39 is 0 Å². The second-order valence-electron chi connectivity index (χ2n) is 3.89. The Morgan fingerprint density at radius 3 is 2.94 bits per heavy atom. The predicted molar refractivity (Wildman–Crippen MR) is 67.6 cm³/mol. The lowest BCUT2D eigenvalue weighted by atomic mass is 10.3. The first-order chi connectivity index (χ1) is 8.24. The van der Waals surface area contributed by atoms with Crippen molar-refractivity contribution in [2.45, 2.75) is 13.3 Å². The van der Waals surface area contributed by atoms with Gasteiger partial charge in [-0.2, -0.15) is 0 Å². The molecule has 2 aromatic rings. The Labute approximate surface area is 101 Å². The van der Waals surface area contributed by atoms with Crippen LogP contribution in [0.1, 0.15) is 11.5 Å². The molecule has 1 aromatic carbocycles. The number of hydrogen-bond donors (Lipinski definition) is 1. The van der Waals surface area contributed by atoms with E-state index in [1.165, 1.54) is 0 Å². The lowest BCUT2D eigenvalue weighted by molar-refractivity contribution is 0.414. The molecule has 0 aliphatic carbocycles. The first-order valence-electron chi connectivity index (χ1n) is 5.64. The van der Waals surface area contributed by atoms with Crippen LogP contribution in [0.25, 0.3) is 5.69 Å². The number of imidazole rings is 1. The average Bonchev–Trinajstić information content (AvgIpc) is 2.71. The highest BCUT2D eigenvalue weighted by Gasteiger charge is 2.06. The van der Waals surface area contributed by atoms with Crippen LogP contribution in [-0.2, 0) is 6.42 Å². The summed E-state index contributed by atoms with van der Waals surface area (Å²) in [4.78, 5) is 4.47. The fourth-order valence-electron chi connectivity index (χ4n) is 1.82. The van der Waals surface area contributed by atoms with Gasteiger partial charge in [0.05, 0.1) is 18.5 Å². The maximum Gasteiger partial charge on any atom is 0.120 e. The summed E-state index contributed by atoms with van der Waals surface area (Å²) >= 11 is 0. The van der Waals surface area contributed by atoms with Crippen LogP contribution in [-0.4, -0.2) is 23.2 Å². The molecule has 0 amide bonds. The molecule has 0 radical (unpaired) electrons. The third-order valence-corrected chi connectivity index (χ3v) is 2.66. The number of nitrogens with zero attached hydrogens (tertiary/aromatic N) is 2. The zero-order valence-corrected chi connectivity index (χ0v) is 10.2. The van der Waals surface area contributed by atoms with E-state index in [1.807, 2.05) is 42.0 Å². The first kappa shape index (κ1) is 11.7. The van der Waals surface area contributed by atoms with Crippen molar-refractivity contribution in [3.63, 3.8) is 0 Å². The van der Waals surface area contributed by atoms with Crippen LogP contribution in [0.5, 0.6) is 5.75 Å². The van der Waals surface area contributed by atoms with E-state index in [-0.39, 0.29) is 0 Å². The zero-order chi connectivity index (χ0) is 12.3. The molecule has 0 spiro atoms. The average molecular weight is 231 g/mol. The molecular weight excluding hydrogens is 214 g/mol. The van der Waals surface area contributed by atoms with Crippen molar-refractivity contribution >= 4 is 0 Å². The van der Waals surface area contributed by atoms with Crippen molar-refractivity contribution in [3.8, 4) is 11.4 Å². The molecule has 90 valence electrons. The highest BCUT2D eigenvalue weighted by atomic mass is 16.5. The molecule has 4 nitrogen and oxygen atoms in total. The molecule has 0 fully saturated rings. The third kappa shape index (κ3) is 2.47. The lowest BCUT2D eigenvalue weighted by Gasteiger charge is -2.06. The van der Waals surface area contributed by atoms with Crippen LogP contribution in [0.4, 0.5) is 0 Å². The Morgan fingerprint density at radius 1 is 1.41 bits per heavy atom. The molecule has 0 atom stereocenters. The van der Waals surface area contributed by atoms with Crippen molar-refractivity contribution in [3.05, 3.63) is 42.0 Å². The summed E-state index contributed by atoms with van der Waals surface area (Å²) in [5.41, 5.74) is 7.61. The van der Waals surface area contributed by atoms with E-state index in [1.54, 1.807) is 7.11 Å². The van der Waals surface area contributed by atoms with Crippen LogP contribution >= 0.6 is 0 Å². The molecule has 1 aromatic heterocycles. The van der Waals surface area contributed by atoms with Crippen molar-refractivity contribution in [1.29, 1.82) is 0 Å². The molecule has 0 aliphatic rings. The van der Waals surface area contributed by atoms with Crippen LogP contribution in [0.2, 0.25) is 0 Å². The topological polar surface area (TPSA) is 53.1 Å². The summed E-state index contributed by atoms with van der Waals surface area (Å²) < 4.78 is 7.27. The maximum atomic E-state index is 5.53. The van der Waals surface area contributed by atoms with Crippen LogP contribution in [0.3, 0.4) is 0 Å². The van der Waals surface area contributed by atoms with E-state index in [2.05, 4.69) is 4.98 Å². The van der Waals surface area contributed by atoms with Gasteiger partial charge in [-0.15, -0.1) is 0 Å². The van der Waals surface area contributed by atoms with Crippen molar-refractivity contribution in [2.75, 3.05) is 13.7 Å². The smallest absolute Gasteiger partial charge is 0.120 e. The van der Waals surface area contributed by atoms with Gasteiger partial charge in [-0.25, -0.2) is 4.98 Å². The zero-order valence-electron chi connectivity index (χ0n) is 10.2. The van der Waals surface area contributed by atoms with Crippen LogP contribution < -0.4 is 10.5 Å². The first-order valence-corrected chi connectivity index (χ1v) is 5.64. The number of benzene rings is 1. The number of nitrogens with two attached hydrogens (primary N) is 1. The Balaban J connectivity index is 2.37. The molecule has 17 heavy (non-hydrogen) atoms. The minimum atomic E-state index is 0.620. The second-order valence-corrected chi connectivity index (χ2v) is 3.89. The molecule has 0 aliphatic heterocycles. The van der Waals surface area contributed by atoms with Crippen LogP contribution in [0, 0.1) is 6.92 Å². The quantitative estimate of drug-likeness (QED) is 0.871. The van der Waals surface area contributed by atoms with Crippen molar-refractivity contribution in [2.24, 2.45) is 5.73 Å². The van der Waals surface area contributed by atoms with Gasteiger partial charge in [-0.3, -0.25) is 0 Å². The molecule has 4 heteroatoms. The van der Waals surface area contributed by atoms with Gasteiger partial charge in [0.15, 0.2) is 0 Å². The Bertz CT molecular complexity index is 505. The van der Waals surface area contributed by atoms with Crippen LogP contribution in [0.15, 0.2) is 30.5 Å². The van der Waals surface area contributed by atoms with Gasteiger partial charge >= 0.3 is 0 Å². The van der Waals surface area contributed by atoms with Gasteiger partial charge in [-0.1, -0.05) is 6.07 Å². The van der Waals surface area contributed by atoms with E-state index in [9.17, 15) is 0 Å². The van der Waals surface area contributed by atoms with E-state index >= 15 is 0 Å². The van der Waals surface area contributed by atoms with E-state index in [0.29, 0.717) is 6.54 Å². The second kappa shape index (κ2) is 5.01. The molecule has 0 unspecified atom stereocenters. The number of aryl methyl sites for hydroxylation is 1. The number of rotatable bonds is 4. The van der Waals surface area contributed by atoms with Crippen molar-refractivity contribution in [1.82, 2.24) is 9.55 Å². The van der Waals surface area contributed by atoms with Gasteiger partial charge in [0.2, 0.25) is 0 Å². The summed E-state index contributed by atoms with van der Waals surface area (Å²) in [5.74, 6) is 1.80. The maximum absolute atomic E-state index is 5.53. The Hall–Kier alpha value is -1.81. The monoisotopic (exact) mass is 231 g/mol. The standard InChI is InChI=1S/C13H17N3O/c1-10-15-11(6-7-14)9-16(10)12-4-3-5-13(8-12)17-2/h3-5,8-9H,6-7,14H2,1-2H3. The highest BCUT2D eigenvalue weighted by Crippen LogP contribution is 2.18. The lowest BCUT2D eigenvalue weighted by Crippen LogP contribution is -2.02. The van der Waals surface area contributed by atoms with Gasteiger partial charge in [0, 0.05) is 18.7 Å². The Kier molecular flexibility index (Phi) is 3.44. The number of hydrogen-bond acceptors (Lipinski definition) is 3. The summed E-state index contributed by atoms with van der Waals surface area (Å²) in [6.45, 7) is 2.61. The number of aromatic nitrogens is 2. The molecule has 0 saturated heterocycles. The molecule has 2 N–H and O–H groups in total. The number of ether oxygens (including phenoxy) is 1. The predicted octanol–water partition coefficient (Wildman–Crippen LogP) is 1.69. The fourth-order valence-corrected chi connectivity index (χ4v) is 1.82. The van der Waals surface area contributed by atoms with Gasteiger partial charge in [0.1, 0.15) is 11.6 Å². The Morgan fingerprint density at radius 2 is 2.24 bits per heavy atom. The fraction of sp³-hybridized carbons (Fsp3) is 0.308. The van der Waals surface area contributed by atoms with Gasteiger partial charge in [-0.05, 0) is 25.6 Å². The number of methoxy groups -OCH3 is 1. The summed E-state index contributed by atoms with van der Waals surface area (Å²) in [7, 11) is 1.67. The van der Waals surface area contributed by atoms with Gasteiger partial charge < -0.3 is 15.0 Å². The van der Waals surface area contributed by atoms with E-state index in [0.717, 1.165) is 29.4 Å². The molecule has 0 bridgehead atoms. The van der Waals surface area contributed by atoms with Crippen molar-refractivity contribution < 1.29 is 4.74 Å². The molecule has 2 rings (SSSR count). The molecular formula is C13H17N3O. The summed E-state index contributed by atoms with van der Waals surface area (Å²) in [5, 5.41) is 0. The summed E-state index contributed by atoms with van der Waals surface area (Å²) in [6.07, 6.45) is 2.83. The third-order valence-electron chi connectivity index (χ3n) is 2.66.